The van der Waals surface area contributed by atoms with E-state index in [1.165, 1.54) is 6.92 Å². The Balaban J connectivity index is 3.63. The molecule has 0 radical (unpaired) electrons. The van der Waals surface area contributed by atoms with Crippen LogP contribution in [0.1, 0.15) is 13.3 Å². The number of rotatable bonds is 6. The number of carbonyl (C=O) groups is 2. The fourth-order valence-corrected chi connectivity index (χ4v) is 0.728. The summed E-state index contributed by atoms with van der Waals surface area (Å²) in [5.74, 6) is -1.89. The number of hydrogen-bond acceptors (Lipinski definition) is 3. The molecule has 0 aliphatic carbocycles. The lowest BCUT2D eigenvalue weighted by Crippen LogP contribution is -2.38. The van der Waals surface area contributed by atoms with Crippen molar-refractivity contribution in [1.82, 2.24) is 5.32 Å². The molecule has 2 N–H and O–H groups in total. The van der Waals surface area contributed by atoms with Crippen molar-refractivity contribution in [2.24, 2.45) is 0 Å². The van der Waals surface area contributed by atoms with E-state index in [0.29, 0.717) is 0 Å². The SMILES string of the molecule is C[C@H](NC(=O)CCOCC(F)(F)F)C(=O)O. The molecule has 0 aromatic rings. The van der Waals surface area contributed by atoms with Gasteiger partial charge in [0.15, 0.2) is 0 Å². The number of hydrogen-bond donors (Lipinski definition) is 2. The molecule has 0 aliphatic heterocycles. The van der Waals surface area contributed by atoms with Crippen molar-refractivity contribution in [3.63, 3.8) is 0 Å². The van der Waals surface area contributed by atoms with Crippen LogP contribution in [0.4, 0.5) is 13.2 Å². The average molecular weight is 243 g/mol. The number of carbonyl (C=O) groups excluding carboxylic acids is 1. The summed E-state index contributed by atoms with van der Waals surface area (Å²) < 4.78 is 39.0. The van der Waals surface area contributed by atoms with Gasteiger partial charge in [-0.3, -0.25) is 9.59 Å². The number of amides is 1. The fourth-order valence-electron chi connectivity index (χ4n) is 0.728. The molecule has 0 fully saturated rings. The van der Waals surface area contributed by atoms with Gasteiger partial charge in [0.25, 0.3) is 0 Å². The van der Waals surface area contributed by atoms with E-state index in [1.807, 2.05) is 0 Å². The number of aliphatic carboxylic acids is 1. The van der Waals surface area contributed by atoms with E-state index >= 15 is 0 Å². The van der Waals surface area contributed by atoms with Crippen molar-refractivity contribution in [3.8, 4) is 0 Å². The van der Waals surface area contributed by atoms with Gasteiger partial charge >= 0.3 is 12.1 Å². The van der Waals surface area contributed by atoms with Crippen molar-refractivity contribution in [2.45, 2.75) is 25.6 Å². The Morgan fingerprint density at radius 1 is 1.44 bits per heavy atom. The summed E-state index contributed by atoms with van der Waals surface area (Å²) in [4.78, 5) is 21.2. The fraction of sp³-hybridized carbons (Fsp3) is 0.750. The molecular formula is C8H12F3NO4. The summed E-state index contributed by atoms with van der Waals surface area (Å²) in [5, 5.41) is 10.5. The summed E-state index contributed by atoms with van der Waals surface area (Å²) in [6.07, 6.45) is -4.74. The van der Waals surface area contributed by atoms with Crippen LogP contribution in [0.15, 0.2) is 0 Å². The van der Waals surface area contributed by atoms with Crippen LogP contribution in [0, 0.1) is 0 Å². The molecule has 5 nitrogen and oxygen atoms in total. The van der Waals surface area contributed by atoms with Gasteiger partial charge in [0.2, 0.25) is 5.91 Å². The Kier molecular flexibility index (Phi) is 5.79. The molecule has 0 aromatic carbocycles. The van der Waals surface area contributed by atoms with Crippen LogP contribution in [0.25, 0.3) is 0 Å². The quantitative estimate of drug-likeness (QED) is 0.668. The molecule has 0 saturated carbocycles. The van der Waals surface area contributed by atoms with Gasteiger partial charge < -0.3 is 15.2 Å². The van der Waals surface area contributed by atoms with E-state index in [2.05, 4.69) is 10.1 Å². The van der Waals surface area contributed by atoms with Crippen LogP contribution in [0.5, 0.6) is 0 Å². The number of halogens is 3. The third kappa shape index (κ3) is 8.04. The lowest BCUT2D eigenvalue weighted by atomic mass is 10.3. The van der Waals surface area contributed by atoms with Gasteiger partial charge in [-0.1, -0.05) is 0 Å². The molecule has 1 amide bonds. The molecule has 0 rings (SSSR count). The molecule has 16 heavy (non-hydrogen) atoms. The van der Waals surface area contributed by atoms with E-state index in [9.17, 15) is 22.8 Å². The Labute approximate surface area is 89.6 Å². The Hall–Kier alpha value is -1.31. The van der Waals surface area contributed by atoms with Crippen molar-refractivity contribution in [2.75, 3.05) is 13.2 Å². The van der Waals surface area contributed by atoms with Crippen LogP contribution in [0.2, 0.25) is 0 Å². The maximum absolute atomic E-state index is 11.6. The second-order valence-corrected chi connectivity index (χ2v) is 3.05. The number of alkyl halides is 3. The first-order valence-corrected chi connectivity index (χ1v) is 4.39. The van der Waals surface area contributed by atoms with E-state index < -0.39 is 37.3 Å². The minimum Gasteiger partial charge on any atom is -0.480 e. The van der Waals surface area contributed by atoms with Crippen LogP contribution in [0.3, 0.4) is 0 Å². The maximum Gasteiger partial charge on any atom is 0.411 e. The predicted octanol–water partition coefficient (Wildman–Crippen LogP) is 0.545. The standard InChI is InChI=1S/C8H12F3NO4/c1-5(7(14)15)12-6(13)2-3-16-4-8(9,10)11/h5H,2-4H2,1H3,(H,12,13)(H,14,15)/t5-/m0/s1. The van der Waals surface area contributed by atoms with Gasteiger partial charge in [-0.15, -0.1) is 0 Å². The lowest BCUT2D eigenvalue weighted by molar-refractivity contribution is -0.174. The van der Waals surface area contributed by atoms with Crippen LogP contribution >= 0.6 is 0 Å². The van der Waals surface area contributed by atoms with Crippen LogP contribution in [-0.4, -0.2) is 42.4 Å². The molecule has 1 atom stereocenters. The summed E-state index contributed by atoms with van der Waals surface area (Å²) >= 11 is 0. The number of carboxylic acid groups (broad SMARTS) is 1. The third-order valence-corrected chi connectivity index (χ3v) is 1.49. The summed E-state index contributed by atoms with van der Waals surface area (Å²) in [6.45, 7) is -0.580. The first-order valence-electron chi connectivity index (χ1n) is 4.39. The zero-order valence-electron chi connectivity index (χ0n) is 8.50. The Morgan fingerprint density at radius 3 is 2.44 bits per heavy atom. The van der Waals surface area contributed by atoms with Gasteiger partial charge in [-0.05, 0) is 6.92 Å². The summed E-state index contributed by atoms with van der Waals surface area (Å²) in [6, 6.07) is -1.07. The second kappa shape index (κ2) is 6.31. The molecule has 94 valence electrons. The highest BCUT2D eigenvalue weighted by Gasteiger charge is 2.27. The zero-order valence-corrected chi connectivity index (χ0v) is 8.50. The molecule has 0 saturated heterocycles. The summed E-state index contributed by atoms with van der Waals surface area (Å²) in [7, 11) is 0. The normalized spacial score (nSPS) is 13.2. The molecule has 0 aromatic heterocycles. The van der Waals surface area contributed by atoms with E-state index in [0.717, 1.165) is 0 Å². The molecule has 8 heteroatoms. The van der Waals surface area contributed by atoms with Crippen molar-refractivity contribution in [3.05, 3.63) is 0 Å². The second-order valence-electron chi connectivity index (χ2n) is 3.05. The average Bonchev–Trinajstić information content (AvgIpc) is 2.10. The monoisotopic (exact) mass is 243 g/mol. The molecular weight excluding hydrogens is 231 g/mol. The smallest absolute Gasteiger partial charge is 0.411 e. The highest BCUT2D eigenvalue weighted by molar-refractivity contribution is 5.83. The Bertz CT molecular complexity index is 254. The van der Waals surface area contributed by atoms with E-state index in [-0.39, 0.29) is 6.42 Å². The van der Waals surface area contributed by atoms with Gasteiger partial charge in [-0.2, -0.15) is 13.2 Å². The molecule has 0 aliphatic rings. The van der Waals surface area contributed by atoms with Crippen molar-refractivity contribution in [1.29, 1.82) is 0 Å². The predicted molar refractivity (Wildman–Crippen MR) is 46.7 cm³/mol. The largest absolute Gasteiger partial charge is 0.480 e. The first kappa shape index (κ1) is 14.7. The lowest BCUT2D eigenvalue weighted by Gasteiger charge is -2.10. The van der Waals surface area contributed by atoms with Crippen LogP contribution < -0.4 is 5.32 Å². The summed E-state index contributed by atoms with van der Waals surface area (Å²) in [5.41, 5.74) is 0. The highest BCUT2D eigenvalue weighted by Crippen LogP contribution is 2.14. The molecule has 0 bridgehead atoms. The Morgan fingerprint density at radius 2 is 2.00 bits per heavy atom. The minimum atomic E-state index is -4.43. The zero-order chi connectivity index (χ0) is 12.8. The number of ether oxygens (including phenoxy) is 1. The molecule has 0 unspecified atom stereocenters. The van der Waals surface area contributed by atoms with Gasteiger partial charge in [0.1, 0.15) is 12.6 Å². The number of nitrogens with one attached hydrogen (secondary N) is 1. The van der Waals surface area contributed by atoms with E-state index in [1.54, 1.807) is 0 Å². The van der Waals surface area contributed by atoms with Gasteiger partial charge in [0, 0.05) is 6.42 Å². The molecule has 0 spiro atoms. The van der Waals surface area contributed by atoms with Crippen molar-refractivity contribution >= 4 is 11.9 Å². The van der Waals surface area contributed by atoms with Gasteiger partial charge in [-0.25, -0.2) is 0 Å². The third-order valence-electron chi connectivity index (χ3n) is 1.49. The van der Waals surface area contributed by atoms with Crippen LogP contribution in [-0.2, 0) is 14.3 Å². The highest BCUT2D eigenvalue weighted by atomic mass is 19.4. The van der Waals surface area contributed by atoms with Gasteiger partial charge in [0.05, 0.1) is 6.61 Å². The van der Waals surface area contributed by atoms with Crippen molar-refractivity contribution < 1.29 is 32.6 Å². The minimum absolute atomic E-state index is 0.312. The first-order chi connectivity index (χ1) is 7.22. The van der Waals surface area contributed by atoms with E-state index in [4.69, 9.17) is 5.11 Å². The molecule has 0 heterocycles. The number of carboxylic acids is 1. The maximum atomic E-state index is 11.6. The topological polar surface area (TPSA) is 75.6 Å².